The molecule has 6 nitrogen and oxygen atoms in total. The first-order valence-electron chi connectivity index (χ1n) is 12.3. The van der Waals surface area contributed by atoms with Crippen LogP contribution in [-0.4, -0.2) is 25.8 Å². The number of hydrogen-bond acceptors (Lipinski definition) is 6. The number of aromatic nitrogens is 1. The molecule has 0 saturated heterocycles. The molecule has 0 saturated carbocycles. The van der Waals surface area contributed by atoms with Gasteiger partial charge in [-0.3, -0.25) is 4.79 Å². The summed E-state index contributed by atoms with van der Waals surface area (Å²) in [5, 5.41) is 0. The minimum absolute atomic E-state index is 0.121. The molecule has 0 atom stereocenters. The number of fused-ring (bicyclic) bond motifs is 2. The number of ether oxygens (including phenoxy) is 3. The Balaban J connectivity index is 1.69. The molecule has 6 heteroatoms. The number of hydrogen-bond donors (Lipinski definition) is 0. The van der Waals surface area contributed by atoms with E-state index in [2.05, 4.69) is 45.9 Å². The largest absolute Gasteiger partial charge is 0.491 e. The van der Waals surface area contributed by atoms with Crippen LogP contribution >= 0.6 is 0 Å². The van der Waals surface area contributed by atoms with Gasteiger partial charge in [0.05, 0.1) is 14.2 Å². The third-order valence-corrected chi connectivity index (χ3v) is 6.11. The molecule has 0 unspecified atom stereocenters. The lowest BCUT2D eigenvalue weighted by Crippen LogP contribution is -2.14. The third kappa shape index (κ3) is 6.56. The second-order valence-corrected chi connectivity index (χ2v) is 9.31. The molecule has 1 aromatic rings. The van der Waals surface area contributed by atoms with Crippen LogP contribution in [0.4, 0.5) is 0 Å². The van der Waals surface area contributed by atoms with E-state index in [1.807, 2.05) is 12.1 Å². The normalized spacial score (nSPS) is 12.2. The van der Waals surface area contributed by atoms with Crippen molar-refractivity contribution >= 4 is 11.1 Å². The van der Waals surface area contributed by atoms with Gasteiger partial charge in [-0.15, -0.1) is 0 Å². The van der Waals surface area contributed by atoms with E-state index < -0.39 is 0 Å². The highest BCUT2D eigenvalue weighted by molar-refractivity contribution is 5.81. The predicted octanol–water partition coefficient (Wildman–Crippen LogP) is 7.42. The molecule has 0 bridgehead atoms. The van der Waals surface area contributed by atoms with Crippen LogP contribution in [0.5, 0.6) is 17.2 Å². The van der Waals surface area contributed by atoms with Gasteiger partial charge in [-0.25, -0.2) is 4.98 Å². The maximum absolute atomic E-state index is 12.6. The van der Waals surface area contributed by atoms with Crippen LogP contribution < -0.4 is 19.6 Å². The van der Waals surface area contributed by atoms with Crippen molar-refractivity contribution in [3.05, 3.63) is 68.9 Å². The third-order valence-electron chi connectivity index (χ3n) is 6.11. The summed E-state index contributed by atoms with van der Waals surface area (Å²) in [5.74, 6) is 1.46. The van der Waals surface area contributed by atoms with Crippen LogP contribution in [0.15, 0.2) is 62.4 Å². The highest BCUT2D eigenvalue weighted by atomic mass is 16.5. The molecular weight excluding hydrogens is 454 g/mol. The van der Waals surface area contributed by atoms with E-state index in [1.165, 1.54) is 30.9 Å². The van der Waals surface area contributed by atoms with Crippen molar-refractivity contribution in [3.63, 3.8) is 0 Å². The molecule has 1 heterocycles. The second kappa shape index (κ2) is 12.4. The minimum Gasteiger partial charge on any atom is -0.491 e. The Morgan fingerprint density at radius 3 is 2.28 bits per heavy atom. The topological polar surface area (TPSA) is 70.8 Å². The predicted molar refractivity (Wildman–Crippen MR) is 146 cm³/mol. The summed E-state index contributed by atoms with van der Waals surface area (Å²) in [5.41, 5.74) is 5.86. The Morgan fingerprint density at radius 2 is 1.61 bits per heavy atom. The van der Waals surface area contributed by atoms with E-state index in [4.69, 9.17) is 23.6 Å². The molecule has 0 N–H and O–H groups in total. The first kappa shape index (κ1) is 27.1. The summed E-state index contributed by atoms with van der Waals surface area (Å²) in [6, 6.07) is 5.47. The number of rotatable bonds is 11. The monoisotopic (exact) mass is 491 g/mol. The first-order valence-corrected chi connectivity index (χ1v) is 12.3. The molecule has 0 aromatic heterocycles. The summed E-state index contributed by atoms with van der Waals surface area (Å²) in [7, 11) is 2.92. The van der Waals surface area contributed by atoms with Gasteiger partial charge in [-0.05, 0) is 78.5 Å². The van der Waals surface area contributed by atoms with Crippen molar-refractivity contribution in [2.24, 2.45) is 0 Å². The Hall–Kier alpha value is -3.54. The first-order chi connectivity index (χ1) is 17.2. The van der Waals surface area contributed by atoms with Crippen LogP contribution in [0, 0.1) is 6.92 Å². The minimum atomic E-state index is -0.275. The van der Waals surface area contributed by atoms with Gasteiger partial charge >= 0.3 is 0 Å². The number of nitrogens with zero attached hydrogens (tertiary/aromatic N) is 1. The van der Waals surface area contributed by atoms with Gasteiger partial charge in [0.15, 0.2) is 22.8 Å². The van der Waals surface area contributed by atoms with Gasteiger partial charge in [-0.1, -0.05) is 28.9 Å². The Morgan fingerprint density at radius 1 is 0.944 bits per heavy atom. The molecule has 1 aliphatic heterocycles. The van der Waals surface area contributed by atoms with Gasteiger partial charge < -0.3 is 18.6 Å². The Labute approximate surface area is 213 Å². The average Bonchev–Trinajstić information content (AvgIpc) is 2.84. The molecule has 2 aliphatic rings. The molecule has 0 fully saturated rings. The van der Waals surface area contributed by atoms with Gasteiger partial charge in [0, 0.05) is 11.6 Å². The van der Waals surface area contributed by atoms with Crippen molar-refractivity contribution in [1.29, 1.82) is 0 Å². The zero-order valence-electron chi connectivity index (χ0n) is 22.5. The molecular formula is C30H37NO5. The van der Waals surface area contributed by atoms with E-state index in [0.717, 1.165) is 25.7 Å². The van der Waals surface area contributed by atoms with Crippen molar-refractivity contribution in [3.8, 4) is 28.7 Å². The quantitative estimate of drug-likeness (QED) is 0.205. The van der Waals surface area contributed by atoms with E-state index >= 15 is 0 Å². The van der Waals surface area contributed by atoms with E-state index in [0.29, 0.717) is 40.5 Å². The van der Waals surface area contributed by atoms with Crippen molar-refractivity contribution in [2.75, 3.05) is 20.8 Å². The van der Waals surface area contributed by atoms with Gasteiger partial charge in [0.2, 0.25) is 11.2 Å². The zero-order chi connectivity index (χ0) is 26.2. The lowest BCUT2D eigenvalue weighted by atomic mass is 10.1. The standard InChI is InChI=1S/C30H37NO5/c1-19(2)10-8-11-20(3)12-9-13-21(4)16-17-35-23-14-15-25-24(18-23)31-26-28(36-25)22(5)27(32)30(34-7)29(26)33-6/h10,12,14-16,18H,8-9,11,13,17H2,1-7H3/b20-12+,21-16+. The molecule has 1 aliphatic carbocycles. The highest BCUT2D eigenvalue weighted by Gasteiger charge is 2.26. The summed E-state index contributed by atoms with van der Waals surface area (Å²) in [6.45, 7) is 10.8. The highest BCUT2D eigenvalue weighted by Crippen LogP contribution is 2.39. The van der Waals surface area contributed by atoms with Crippen LogP contribution in [0.3, 0.4) is 0 Å². The van der Waals surface area contributed by atoms with Crippen molar-refractivity contribution in [2.45, 2.75) is 60.3 Å². The summed E-state index contributed by atoms with van der Waals surface area (Å²) >= 11 is 0. The fraction of sp³-hybridized carbons (Fsp3) is 0.400. The smallest absolute Gasteiger partial charge is 0.231 e. The molecule has 0 radical (unpaired) electrons. The van der Waals surface area contributed by atoms with Crippen molar-refractivity contribution in [1.82, 2.24) is 4.98 Å². The van der Waals surface area contributed by atoms with E-state index in [-0.39, 0.29) is 16.9 Å². The second-order valence-electron chi connectivity index (χ2n) is 9.31. The molecule has 192 valence electrons. The summed E-state index contributed by atoms with van der Waals surface area (Å²) in [4.78, 5) is 17.3. The fourth-order valence-corrected chi connectivity index (χ4v) is 3.98. The molecule has 1 aromatic carbocycles. The van der Waals surface area contributed by atoms with Crippen LogP contribution in [0.2, 0.25) is 0 Å². The van der Waals surface area contributed by atoms with Gasteiger partial charge in [-0.2, -0.15) is 0 Å². The number of allylic oxidation sites excluding steroid dienone is 5. The van der Waals surface area contributed by atoms with E-state index in [1.54, 1.807) is 13.0 Å². The molecule has 0 spiro atoms. The number of methoxy groups -OCH3 is 2. The SMILES string of the molecule is COc1c2nc3cc(OC/C=C(\C)CC/C=C(\C)CCC=C(C)C)ccc3oc-2c(C)c(=O)c1OC. The lowest BCUT2D eigenvalue weighted by molar-refractivity contribution is 0.350. The maximum Gasteiger partial charge on any atom is 0.231 e. The summed E-state index contributed by atoms with van der Waals surface area (Å²) < 4.78 is 22.7. The van der Waals surface area contributed by atoms with Gasteiger partial charge in [0.25, 0.3) is 0 Å². The zero-order valence-corrected chi connectivity index (χ0v) is 22.5. The number of benzene rings is 2. The Bertz CT molecular complexity index is 1330. The van der Waals surface area contributed by atoms with Crippen LogP contribution in [0.25, 0.3) is 22.6 Å². The molecule has 36 heavy (non-hydrogen) atoms. The molecule has 0 amide bonds. The van der Waals surface area contributed by atoms with E-state index in [9.17, 15) is 4.79 Å². The van der Waals surface area contributed by atoms with Gasteiger partial charge in [0.1, 0.15) is 17.9 Å². The van der Waals surface area contributed by atoms with Crippen LogP contribution in [0.1, 0.15) is 58.9 Å². The fourth-order valence-electron chi connectivity index (χ4n) is 3.98. The summed E-state index contributed by atoms with van der Waals surface area (Å²) in [6.07, 6.45) is 11.0. The maximum atomic E-state index is 12.6. The van der Waals surface area contributed by atoms with Crippen molar-refractivity contribution < 1.29 is 18.6 Å². The average molecular weight is 492 g/mol. The van der Waals surface area contributed by atoms with Crippen LogP contribution in [-0.2, 0) is 0 Å². The molecule has 3 rings (SSSR count). The lowest BCUT2D eigenvalue weighted by Gasteiger charge is -2.15. The Kier molecular flexibility index (Phi) is 9.34.